The molecule has 0 aliphatic rings. The molecule has 0 saturated carbocycles. The Morgan fingerprint density at radius 3 is 2.00 bits per heavy atom. The number of hydrogen-bond acceptors (Lipinski definition) is 5. The van der Waals surface area contributed by atoms with E-state index in [9.17, 15) is 0 Å². The lowest BCUT2D eigenvalue weighted by molar-refractivity contribution is 0.974. The first kappa shape index (κ1) is 21.0. The third kappa shape index (κ3) is 6.42. The Morgan fingerprint density at radius 1 is 0.889 bits per heavy atom. The van der Waals surface area contributed by atoms with E-state index in [-0.39, 0.29) is 0 Å². The van der Waals surface area contributed by atoms with Crippen LogP contribution in [0, 0.1) is 0 Å². The van der Waals surface area contributed by atoms with Gasteiger partial charge >= 0.3 is 0 Å². The molecule has 0 heterocycles. The Bertz CT molecular complexity index is 845. The zero-order valence-corrected chi connectivity index (χ0v) is 17.6. The Labute approximate surface area is 175 Å². The van der Waals surface area contributed by atoms with Crippen molar-refractivity contribution in [3.05, 3.63) is 65.7 Å². The molecule has 0 bridgehead atoms. The van der Waals surface area contributed by atoms with E-state index in [2.05, 4.69) is 39.0 Å². The van der Waals surface area contributed by atoms with Crippen molar-refractivity contribution in [2.24, 2.45) is 10.2 Å². The lowest BCUT2D eigenvalue weighted by atomic mass is 10.00. The van der Waals surface area contributed by atoms with E-state index in [4.69, 9.17) is 24.4 Å². The first-order valence-electron chi connectivity index (χ1n) is 8.32. The average Bonchev–Trinajstić information content (AvgIpc) is 2.71. The molecule has 0 radical (unpaired) electrons. The lowest BCUT2D eigenvalue weighted by Gasteiger charge is -2.13. The second kappa shape index (κ2) is 10.8. The van der Waals surface area contributed by atoms with Crippen LogP contribution >= 0.6 is 37.1 Å². The van der Waals surface area contributed by atoms with E-state index in [0.29, 0.717) is 27.9 Å². The molecule has 2 rings (SSSR count). The maximum Gasteiger partial charge on any atom is 0.186 e. The summed E-state index contributed by atoms with van der Waals surface area (Å²) in [5.41, 5.74) is 8.82. The van der Waals surface area contributed by atoms with Crippen LogP contribution in [0.25, 0.3) is 0 Å². The smallest absolute Gasteiger partial charge is 0.186 e. The molecule has 0 amide bonds. The van der Waals surface area contributed by atoms with E-state index in [0.717, 1.165) is 16.0 Å². The van der Waals surface area contributed by atoms with Gasteiger partial charge in [-0.2, -0.15) is 10.2 Å². The third-order valence-corrected chi connectivity index (χ3v) is 4.50. The Morgan fingerprint density at radius 2 is 1.44 bits per heavy atom. The quantitative estimate of drug-likeness (QED) is 0.252. The zero-order valence-electron chi connectivity index (χ0n) is 15.1. The minimum Gasteiger partial charge on any atom is -0.364 e. The van der Waals surface area contributed by atoms with Crippen LogP contribution in [-0.4, -0.2) is 28.6 Å². The maximum atomic E-state index is 5.25. The maximum absolute atomic E-state index is 5.25. The summed E-state index contributed by atoms with van der Waals surface area (Å²) in [6, 6.07) is 17.4. The first-order chi connectivity index (χ1) is 13.0. The van der Waals surface area contributed by atoms with Gasteiger partial charge in [-0.15, -0.1) is 12.6 Å². The standard InChI is InChI=1S/C19H21N5S3/c1-3-16(26)21-22-17(13-7-5-4-6-8-13)18(23-24-19(27)20-2)14-9-11-15(25)12-10-14/h4-12,25H,3H2,1-2H3,(H,21,26)(H2,20,24,27). The highest BCUT2D eigenvalue weighted by molar-refractivity contribution is 7.80. The normalized spacial score (nSPS) is 11.7. The Kier molecular flexibility index (Phi) is 8.38. The van der Waals surface area contributed by atoms with Crippen molar-refractivity contribution in [3.8, 4) is 0 Å². The summed E-state index contributed by atoms with van der Waals surface area (Å²) >= 11 is 14.8. The fourth-order valence-corrected chi connectivity index (χ4v) is 2.32. The Hall–Kier alpha value is -2.29. The third-order valence-electron chi connectivity index (χ3n) is 3.52. The minimum atomic E-state index is 0.405. The number of thiocarbonyl (C=S) groups is 2. The number of hydrogen-bond donors (Lipinski definition) is 4. The van der Waals surface area contributed by atoms with E-state index >= 15 is 0 Å². The molecule has 0 atom stereocenters. The molecule has 5 nitrogen and oxygen atoms in total. The molecule has 0 aromatic heterocycles. The van der Waals surface area contributed by atoms with Gasteiger partial charge in [-0.1, -0.05) is 61.6 Å². The molecule has 0 fully saturated rings. The second-order valence-electron chi connectivity index (χ2n) is 5.41. The fourth-order valence-electron chi connectivity index (χ4n) is 2.08. The van der Waals surface area contributed by atoms with Gasteiger partial charge in [0.2, 0.25) is 0 Å². The lowest BCUT2D eigenvalue weighted by Crippen LogP contribution is -2.32. The molecule has 140 valence electrons. The SMILES string of the molecule is CCC(=S)NN=C(C(=NNC(=S)NC)c1ccc(S)cc1)c1ccccc1. The topological polar surface area (TPSA) is 60.8 Å². The molecular formula is C19H21N5S3. The molecule has 2 aromatic rings. The summed E-state index contributed by atoms with van der Waals surface area (Å²) in [7, 11) is 1.73. The van der Waals surface area contributed by atoms with Crippen LogP contribution in [0.3, 0.4) is 0 Å². The van der Waals surface area contributed by atoms with Crippen molar-refractivity contribution < 1.29 is 0 Å². The van der Waals surface area contributed by atoms with Gasteiger partial charge in [-0.25, -0.2) is 0 Å². The number of benzene rings is 2. The monoisotopic (exact) mass is 415 g/mol. The molecule has 0 spiro atoms. The van der Waals surface area contributed by atoms with Crippen LogP contribution in [0.2, 0.25) is 0 Å². The molecule has 2 aromatic carbocycles. The second-order valence-corrected chi connectivity index (χ2v) is 6.83. The molecule has 0 unspecified atom stereocenters. The summed E-state index contributed by atoms with van der Waals surface area (Å²) in [6.07, 6.45) is 0.698. The molecule has 8 heteroatoms. The van der Waals surface area contributed by atoms with E-state index in [1.165, 1.54) is 0 Å². The van der Waals surface area contributed by atoms with Gasteiger partial charge in [0.15, 0.2) is 5.11 Å². The van der Waals surface area contributed by atoms with Gasteiger partial charge in [-0.05, 0) is 30.8 Å². The van der Waals surface area contributed by atoms with Crippen LogP contribution in [0.15, 0.2) is 69.7 Å². The van der Waals surface area contributed by atoms with Crippen molar-refractivity contribution in [2.45, 2.75) is 18.2 Å². The largest absolute Gasteiger partial charge is 0.364 e. The number of hydrazone groups is 2. The van der Waals surface area contributed by atoms with Gasteiger partial charge in [0.1, 0.15) is 11.4 Å². The summed E-state index contributed by atoms with van der Waals surface area (Å²) in [5.74, 6) is 0. The number of thiol groups is 1. The van der Waals surface area contributed by atoms with Gasteiger partial charge in [0.05, 0.1) is 4.99 Å². The predicted molar refractivity (Wildman–Crippen MR) is 124 cm³/mol. The summed E-state index contributed by atoms with van der Waals surface area (Å²) in [4.78, 5) is 1.51. The highest BCUT2D eigenvalue weighted by atomic mass is 32.1. The number of nitrogens with one attached hydrogen (secondary N) is 3. The van der Waals surface area contributed by atoms with Gasteiger partial charge in [-0.3, -0.25) is 10.9 Å². The number of rotatable bonds is 6. The zero-order chi connectivity index (χ0) is 19.6. The van der Waals surface area contributed by atoms with Crippen LogP contribution in [0.1, 0.15) is 24.5 Å². The van der Waals surface area contributed by atoms with Gasteiger partial charge < -0.3 is 5.32 Å². The van der Waals surface area contributed by atoms with E-state index in [1.54, 1.807) is 7.05 Å². The van der Waals surface area contributed by atoms with Crippen LogP contribution in [-0.2, 0) is 0 Å². The Balaban J connectivity index is 2.56. The van der Waals surface area contributed by atoms with Crippen LogP contribution in [0.4, 0.5) is 0 Å². The highest BCUT2D eigenvalue weighted by Crippen LogP contribution is 2.13. The van der Waals surface area contributed by atoms with E-state index < -0.39 is 0 Å². The molecule has 3 N–H and O–H groups in total. The van der Waals surface area contributed by atoms with Crippen molar-refractivity contribution in [1.82, 2.24) is 16.2 Å². The highest BCUT2D eigenvalue weighted by Gasteiger charge is 2.15. The molecular weight excluding hydrogens is 394 g/mol. The van der Waals surface area contributed by atoms with Crippen molar-refractivity contribution in [3.63, 3.8) is 0 Å². The molecule has 0 aliphatic heterocycles. The average molecular weight is 416 g/mol. The van der Waals surface area contributed by atoms with Crippen LogP contribution in [0.5, 0.6) is 0 Å². The van der Waals surface area contributed by atoms with E-state index in [1.807, 2.05) is 61.5 Å². The summed E-state index contributed by atoms with van der Waals surface area (Å²) in [5, 5.41) is 12.3. The van der Waals surface area contributed by atoms with Crippen molar-refractivity contribution >= 4 is 58.6 Å². The van der Waals surface area contributed by atoms with Gasteiger partial charge in [0.25, 0.3) is 0 Å². The van der Waals surface area contributed by atoms with Gasteiger partial charge in [0, 0.05) is 23.1 Å². The molecule has 27 heavy (non-hydrogen) atoms. The minimum absolute atomic E-state index is 0.405. The summed E-state index contributed by atoms with van der Waals surface area (Å²) < 4.78 is 0. The van der Waals surface area contributed by atoms with Crippen molar-refractivity contribution in [1.29, 1.82) is 0 Å². The van der Waals surface area contributed by atoms with Crippen LogP contribution < -0.4 is 16.2 Å². The summed E-state index contributed by atoms with van der Waals surface area (Å²) in [6.45, 7) is 1.97. The first-order valence-corrected chi connectivity index (χ1v) is 9.58. The molecule has 0 aliphatic carbocycles. The van der Waals surface area contributed by atoms with Crippen molar-refractivity contribution in [2.75, 3.05) is 7.05 Å². The number of nitrogens with zero attached hydrogens (tertiary/aromatic N) is 2. The predicted octanol–water partition coefficient (Wildman–Crippen LogP) is 3.50. The fraction of sp³-hybridized carbons (Fsp3) is 0.158. The molecule has 0 saturated heterocycles.